The molecule has 32 heavy (non-hydrogen) atoms. The molecule has 172 valence electrons. The normalized spacial score (nSPS) is 12.7. The van der Waals surface area contributed by atoms with Gasteiger partial charge in [-0.1, -0.05) is 42.8 Å². The van der Waals surface area contributed by atoms with Crippen LogP contribution in [0.5, 0.6) is 5.75 Å². The molecule has 0 saturated carbocycles. The summed E-state index contributed by atoms with van der Waals surface area (Å²) in [5, 5.41) is 13.2. The van der Waals surface area contributed by atoms with Gasteiger partial charge < -0.3 is 14.4 Å². The number of ether oxygens (including phenoxy) is 1. The van der Waals surface area contributed by atoms with Gasteiger partial charge >= 0.3 is 6.18 Å². The van der Waals surface area contributed by atoms with Crippen molar-refractivity contribution >= 4 is 0 Å². The van der Waals surface area contributed by atoms with Gasteiger partial charge in [-0.2, -0.15) is 18.2 Å². The summed E-state index contributed by atoms with van der Waals surface area (Å²) in [6.45, 7) is 0.840. The van der Waals surface area contributed by atoms with Crippen molar-refractivity contribution in [2.24, 2.45) is 5.92 Å². The van der Waals surface area contributed by atoms with Crippen molar-refractivity contribution < 1.29 is 31.9 Å². The Morgan fingerprint density at radius 1 is 1.09 bits per heavy atom. The highest BCUT2D eigenvalue weighted by molar-refractivity contribution is 5.62. The zero-order valence-electron chi connectivity index (χ0n) is 17.5. The second kappa shape index (κ2) is 10.6. The molecule has 5 nitrogen and oxygen atoms in total. The molecule has 0 aliphatic heterocycles. The van der Waals surface area contributed by atoms with E-state index in [4.69, 9.17) is 9.26 Å². The van der Waals surface area contributed by atoms with E-state index in [1.165, 1.54) is 6.07 Å². The van der Waals surface area contributed by atoms with Crippen LogP contribution in [0.3, 0.4) is 0 Å². The third-order valence-electron chi connectivity index (χ3n) is 5.18. The molecule has 3 aromatic rings. The van der Waals surface area contributed by atoms with Gasteiger partial charge in [0.2, 0.25) is 5.82 Å². The molecule has 0 saturated heterocycles. The van der Waals surface area contributed by atoms with E-state index in [0.717, 1.165) is 37.0 Å². The zero-order chi connectivity index (χ0) is 23.1. The number of alkyl halides is 4. The van der Waals surface area contributed by atoms with Crippen LogP contribution in [0.2, 0.25) is 0 Å². The lowest BCUT2D eigenvalue weighted by Crippen LogP contribution is -2.10. The maximum atomic E-state index is 13.4. The van der Waals surface area contributed by atoms with Crippen LogP contribution in [0.1, 0.15) is 30.9 Å². The molecule has 1 unspecified atom stereocenters. The monoisotopic (exact) mass is 452 g/mol. The molecule has 9 heteroatoms. The lowest BCUT2D eigenvalue weighted by Gasteiger charge is -2.13. The number of aromatic nitrogens is 2. The zero-order valence-corrected chi connectivity index (χ0v) is 17.5. The number of benzene rings is 2. The Bertz CT molecular complexity index is 999. The number of halogens is 4. The van der Waals surface area contributed by atoms with E-state index in [0.29, 0.717) is 5.56 Å². The third kappa shape index (κ3) is 5.85. The first-order chi connectivity index (χ1) is 15.4. The topological polar surface area (TPSA) is 68.4 Å². The SMILES string of the molecule is CCC(CO)CCc1ccc(-c2noc(-c3ccc(OCCF)c(C(F)(F)F)c3)n2)cc1. The molecular weight excluding hydrogens is 428 g/mol. The summed E-state index contributed by atoms with van der Waals surface area (Å²) in [4.78, 5) is 4.22. The number of hydrogen-bond acceptors (Lipinski definition) is 5. The number of rotatable bonds is 10. The van der Waals surface area contributed by atoms with Crippen molar-refractivity contribution in [1.82, 2.24) is 10.1 Å². The van der Waals surface area contributed by atoms with Crippen LogP contribution in [-0.2, 0) is 12.6 Å². The smallest absolute Gasteiger partial charge is 0.419 e. The Kier molecular flexibility index (Phi) is 7.84. The van der Waals surface area contributed by atoms with Gasteiger partial charge in [0.05, 0.1) is 5.56 Å². The lowest BCUT2D eigenvalue weighted by atomic mass is 9.97. The van der Waals surface area contributed by atoms with Crippen LogP contribution in [-0.4, -0.2) is 35.1 Å². The minimum absolute atomic E-state index is 0.0691. The van der Waals surface area contributed by atoms with Crippen LogP contribution in [0.15, 0.2) is 47.0 Å². The quantitative estimate of drug-likeness (QED) is 0.399. The van der Waals surface area contributed by atoms with Crippen LogP contribution in [0.4, 0.5) is 17.6 Å². The van der Waals surface area contributed by atoms with Crippen molar-refractivity contribution in [2.45, 2.75) is 32.4 Å². The molecule has 0 aliphatic carbocycles. The fourth-order valence-corrected chi connectivity index (χ4v) is 3.23. The fraction of sp³-hybridized carbons (Fsp3) is 0.391. The predicted octanol–water partition coefficient (Wildman–Crippen LogP) is 5.72. The number of hydrogen-bond donors (Lipinski definition) is 1. The number of nitrogens with zero attached hydrogens (tertiary/aromatic N) is 2. The Morgan fingerprint density at radius 2 is 1.81 bits per heavy atom. The molecule has 0 amide bonds. The van der Waals surface area contributed by atoms with E-state index in [9.17, 15) is 22.7 Å². The second-order valence-corrected chi connectivity index (χ2v) is 7.36. The first-order valence-electron chi connectivity index (χ1n) is 10.3. The largest absolute Gasteiger partial charge is 0.490 e. The molecule has 1 atom stereocenters. The average molecular weight is 452 g/mol. The first kappa shape index (κ1) is 23.7. The van der Waals surface area contributed by atoms with Crippen molar-refractivity contribution in [1.29, 1.82) is 0 Å². The summed E-state index contributed by atoms with van der Waals surface area (Å²) in [5.41, 5.74) is 0.802. The van der Waals surface area contributed by atoms with Crippen molar-refractivity contribution in [3.05, 3.63) is 53.6 Å². The van der Waals surface area contributed by atoms with Crippen LogP contribution in [0, 0.1) is 5.92 Å². The van der Waals surface area contributed by atoms with Crippen molar-refractivity contribution in [3.63, 3.8) is 0 Å². The number of aryl methyl sites for hydroxylation is 1. The van der Waals surface area contributed by atoms with E-state index in [2.05, 4.69) is 10.1 Å². The Labute approximate surface area is 183 Å². The summed E-state index contributed by atoms with van der Waals surface area (Å²) in [7, 11) is 0. The van der Waals surface area contributed by atoms with E-state index < -0.39 is 30.8 Å². The predicted molar refractivity (Wildman–Crippen MR) is 111 cm³/mol. The van der Waals surface area contributed by atoms with E-state index >= 15 is 0 Å². The Balaban J connectivity index is 1.78. The molecule has 1 aromatic heterocycles. The minimum atomic E-state index is -4.69. The maximum absolute atomic E-state index is 13.4. The number of aliphatic hydroxyl groups is 1. The summed E-state index contributed by atoms with van der Waals surface area (Å²) >= 11 is 0. The molecule has 0 bridgehead atoms. The third-order valence-corrected chi connectivity index (χ3v) is 5.18. The van der Waals surface area contributed by atoms with E-state index in [1.54, 1.807) is 0 Å². The Morgan fingerprint density at radius 3 is 2.44 bits per heavy atom. The average Bonchev–Trinajstić information content (AvgIpc) is 3.28. The molecule has 1 N–H and O–H groups in total. The van der Waals surface area contributed by atoms with Gasteiger partial charge in [-0.3, -0.25) is 0 Å². The van der Waals surface area contributed by atoms with Gasteiger partial charge in [-0.25, -0.2) is 4.39 Å². The summed E-state index contributed by atoms with van der Waals surface area (Å²) in [6, 6.07) is 10.8. The van der Waals surface area contributed by atoms with Crippen molar-refractivity contribution in [3.8, 4) is 28.6 Å². The summed E-state index contributed by atoms with van der Waals surface area (Å²) in [5.74, 6) is -0.00876. The molecule has 0 fully saturated rings. The highest BCUT2D eigenvalue weighted by atomic mass is 19.4. The number of aliphatic hydroxyl groups excluding tert-OH is 1. The molecule has 1 heterocycles. The van der Waals surface area contributed by atoms with Gasteiger partial charge in [0.15, 0.2) is 0 Å². The minimum Gasteiger partial charge on any atom is -0.490 e. The summed E-state index contributed by atoms with van der Waals surface area (Å²) in [6.07, 6.45) is -2.06. The first-order valence-corrected chi connectivity index (χ1v) is 10.3. The van der Waals surface area contributed by atoms with E-state index in [1.807, 2.05) is 31.2 Å². The highest BCUT2D eigenvalue weighted by Crippen LogP contribution is 2.38. The molecular formula is C23H24F4N2O3. The molecule has 0 radical (unpaired) electrons. The molecule has 0 spiro atoms. The van der Waals surface area contributed by atoms with Gasteiger partial charge in [-0.15, -0.1) is 0 Å². The fourth-order valence-electron chi connectivity index (χ4n) is 3.23. The summed E-state index contributed by atoms with van der Waals surface area (Å²) < 4.78 is 62.5. The van der Waals surface area contributed by atoms with Crippen molar-refractivity contribution in [2.75, 3.05) is 19.9 Å². The van der Waals surface area contributed by atoms with E-state index in [-0.39, 0.29) is 29.8 Å². The lowest BCUT2D eigenvalue weighted by molar-refractivity contribution is -0.138. The maximum Gasteiger partial charge on any atom is 0.419 e. The second-order valence-electron chi connectivity index (χ2n) is 7.36. The van der Waals surface area contributed by atoms with Gasteiger partial charge in [-0.05, 0) is 42.5 Å². The molecule has 3 rings (SSSR count). The molecule has 2 aromatic carbocycles. The van der Waals surface area contributed by atoms with Crippen LogP contribution in [0.25, 0.3) is 22.8 Å². The van der Waals surface area contributed by atoms with Crippen LogP contribution < -0.4 is 4.74 Å². The van der Waals surface area contributed by atoms with Gasteiger partial charge in [0.25, 0.3) is 5.89 Å². The van der Waals surface area contributed by atoms with Crippen LogP contribution >= 0.6 is 0 Å². The Hall–Kier alpha value is -2.94. The van der Waals surface area contributed by atoms with Gasteiger partial charge in [0, 0.05) is 17.7 Å². The van der Waals surface area contributed by atoms with Gasteiger partial charge in [0.1, 0.15) is 19.0 Å². The molecule has 0 aliphatic rings. The highest BCUT2D eigenvalue weighted by Gasteiger charge is 2.35. The standard InChI is InChI=1S/C23H24F4N2O3/c1-2-15(14-30)3-4-16-5-7-17(8-6-16)21-28-22(32-29-21)18-9-10-20(31-12-11-24)19(13-18)23(25,26)27/h5-10,13,15,30H,2-4,11-12,14H2,1H3.